The van der Waals surface area contributed by atoms with Gasteiger partial charge in [-0.25, -0.2) is 8.42 Å². The Kier molecular flexibility index (Phi) is 8.84. The lowest BCUT2D eigenvalue weighted by Crippen LogP contribution is -2.53. The van der Waals surface area contributed by atoms with E-state index in [-0.39, 0.29) is 36.4 Å². The standard InChI is InChI=1S/C36H49N3O4S/c1-4-33(35(41)37-31-7-5-6-8-31)38(23-26-11-9-25(2)10-12-26)34(40)24-39(44(3,42)43)32-15-13-30(14-16-32)36-20-27-17-28(21-36)19-29(18-27)22-36/h9-16,27-29,31,33H,4-8,17-24H2,1-3H3,(H,37,41)/t27?,28?,29?,33-,36?/m0/s1. The molecule has 1 N–H and O–H groups in total. The van der Waals surface area contributed by atoms with Gasteiger partial charge in [-0.15, -0.1) is 0 Å². The Morgan fingerprint density at radius 2 is 1.48 bits per heavy atom. The maximum Gasteiger partial charge on any atom is 0.244 e. The summed E-state index contributed by atoms with van der Waals surface area (Å²) in [5, 5.41) is 3.17. The lowest BCUT2D eigenvalue weighted by Gasteiger charge is -2.57. The average Bonchev–Trinajstić information content (AvgIpc) is 3.48. The third-order valence-electron chi connectivity index (χ3n) is 11.0. The Morgan fingerprint density at radius 3 is 2.00 bits per heavy atom. The molecular formula is C36H49N3O4S. The third kappa shape index (κ3) is 6.56. The maximum absolute atomic E-state index is 14.1. The molecule has 5 aliphatic carbocycles. The minimum atomic E-state index is -3.77. The Bertz CT molecular complexity index is 1410. The van der Waals surface area contributed by atoms with Crippen LogP contribution in [0.1, 0.15) is 94.2 Å². The molecule has 4 bridgehead atoms. The van der Waals surface area contributed by atoms with E-state index in [1.54, 1.807) is 4.90 Å². The first-order valence-electron chi connectivity index (χ1n) is 16.8. The topological polar surface area (TPSA) is 86.8 Å². The van der Waals surface area contributed by atoms with E-state index in [1.807, 2.05) is 50.2 Å². The molecule has 7 rings (SSSR count). The number of rotatable bonds is 11. The number of benzene rings is 2. The van der Waals surface area contributed by atoms with Gasteiger partial charge in [0.05, 0.1) is 11.9 Å². The molecular weight excluding hydrogens is 570 g/mol. The molecule has 238 valence electrons. The van der Waals surface area contributed by atoms with Crippen LogP contribution in [0.5, 0.6) is 0 Å². The van der Waals surface area contributed by atoms with E-state index in [1.165, 1.54) is 48.4 Å². The summed E-state index contributed by atoms with van der Waals surface area (Å²) in [5.41, 5.74) is 4.04. The second-order valence-electron chi connectivity index (χ2n) is 14.4. The number of carbonyl (C=O) groups excluding carboxylic acids is 2. The third-order valence-corrected chi connectivity index (χ3v) is 12.2. The van der Waals surface area contributed by atoms with Crippen LogP contribution >= 0.6 is 0 Å². The van der Waals surface area contributed by atoms with E-state index in [2.05, 4.69) is 17.4 Å². The number of hydrogen-bond acceptors (Lipinski definition) is 4. The van der Waals surface area contributed by atoms with Crippen LogP contribution in [0.15, 0.2) is 48.5 Å². The van der Waals surface area contributed by atoms with Gasteiger partial charge in [0.2, 0.25) is 21.8 Å². The zero-order valence-electron chi connectivity index (χ0n) is 26.6. The number of nitrogens with one attached hydrogen (secondary N) is 1. The molecule has 0 heterocycles. The van der Waals surface area contributed by atoms with E-state index in [9.17, 15) is 18.0 Å². The monoisotopic (exact) mass is 619 g/mol. The Labute approximate surface area is 263 Å². The van der Waals surface area contributed by atoms with Crippen LogP contribution in [0.2, 0.25) is 0 Å². The van der Waals surface area contributed by atoms with Crippen LogP contribution in [-0.4, -0.2) is 50.0 Å². The van der Waals surface area contributed by atoms with Gasteiger partial charge in [0.15, 0.2) is 0 Å². The molecule has 5 saturated carbocycles. The summed E-state index contributed by atoms with van der Waals surface area (Å²) >= 11 is 0. The normalized spacial score (nSPS) is 26.8. The minimum Gasteiger partial charge on any atom is -0.352 e. The highest BCUT2D eigenvalue weighted by molar-refractivity contribution is 7.92. The molecule has 0 aromatic heterocycles. The minimum absolute atomic E-state index is 0.132. The number of sulfonamides is 1. The second-order valence-corrected chi connectivity index (χ2v) is 16.3. The summed E-state index contributed by atoms with van der Waals surface area (Å²) < 4.78 is 27.6. The summed E-state index contributed by atoms with van der Waals surface area (Å²) in [6.45, 7) is 3.80. The maximum atomic E-state index is 14.1. The van der Waals surface area contributed by atoms with Crippen molar-refractivity contribution in [1.29, 1.82) is 0 Å². The van der Waals surface area contributed by atoms with Crippen molar-refractivity contribution in [3.05, 3.63) is 65.2 Å². The molecule has 2 aromatic rings. The van der Waals surface area contributed by atoms with Crippen LogP contribution in [-0.2, 0) is 31.6 Å². The zero-order valence-corrected chi connectivity index (χ0v) is 27.5. The highest BCUT2D eigenvalue weighted by Gasteiger charge is 2.51. The van der Waals surface area contributed by atoms with E-state index in [0.717, 1.165) is 60.8 Å². The van der Waals surface area contributed by atoms with Crippen molar-refractivity contribution in [2.45, 2.75) is 109 Å². The van der Waals surface area contributed by atoms with Crippen LogP contribution in [0.4, 0.5) is 5.69 Å². The highest BCUT2D eigenvalue weighted by atomic mass is 32.2. The van der Waals surface area contributed by atoms with E-state index in [4.69, 9.17) is 0 Å². The van der Waals surface area contributed by atoms with Crippen molar-refractivity contribution < 1.29 is 18.0 Å². The Morgan fingerprint density at radius 1 is 0.909 bits per heavy atom. The first-order valence-corrected chi connectivity index (χ1v) is 18.6. The van der Waals surface area contributed by atoms with Crippen LogP contribution in [0, 0.1) is 24.7 Å². The summed E-state index contributed by atoms with van der Waals surface area (Å²) in [4.78, 5) is 29.2. The molecule has 0 aliphatic heterocycles. The predicted molar refractivity (Wildman–Crippen MR) is 175 cm³/mol. The molecule has 0 saturated heterocycles. The summed E-state index contributed by atoms with van der Waals surface area (Å²) in [7, 11) is -3.77. The average molecular weight is 620 g/mol. The Balaban J connectivity index is 1.24. The molecule has 0 spiro atoms. The molecule has 0 radical (unpaired) electrons. The smallest absolute Gasteiger partial charge is 0.244 e. The van der Waals surface area contributed by atoms with Gasteiger partial charge in [-0.05, 0) is 111 Å². The van der Waals surface area contributed by atoms with Gasteiger partial charge in [-0.3, -0.25) is 13.9 Å². The van der Waals surface area contributed by atoms with Crippen molar-refractivity contribution >= 4 is 27.5 Å². The lowest BCUT2D eigenvalue weighted by atomic mass is 9.48. The van der Waals surface area contributed by atoms with Gasteiger partial charge in [-0.1, -0.05) is 61.7 Å². The molecule has 2 amide bonds. The molecule has 7 nitrogen and oxygen atoms in total. The fraction of sp³-hybridized carbons (Fsp3) is 0.611. The molecule has 0 unspecified atom stereocenters. The van der Waals surface area contributed by atoms with Gasteiger partial charge in [0.1, 0.15) is 12.6 Å². The van der Waals surface area contributed by atoms with E-state index in [0.29, 0.717) is 12.1 Å². The van der Waals surface area contributed by atoms with Crippen LogP contribution in [0.25, 0.3) is 0 Å². The van der Waals surface area contributed by atoms with Gasteiger partial charge in [0.25, 0.3) is 0 Å². The number of amides is 2. The van der Waals surface area contributed by atoms with Gasteiger partial charge >= 0.3 is 0 Å². The molecule has 5 aliphatic rings. The molecule has 44 heavy (non-hydrogen) atoms. The first-order chi connectivity index (χ1) is 21.0. The quantitative estimate of drug-likeness (QED) is 0.330. The fourth-order valence-corrected chi connectivity index (χ4v) is 10.1. The van der Waals surface area contributed by atoms with Crippen molar-refractivity contribution in [1.82, 2.24) is 10.2 Å². The lowest BCUT2D eigenvalue weighted by molar-refractivity contribution is -0.140. The van der Waals surface area contributed by atoms with Gasteiger partial charge in [0, 0.05) is 12.6 Å². The SMILES string of the molecule is CC[C@@H](C(=O)NC1CCCC1)N(Cc1ccc(C)cc1)C(=O)CN(c1ccc(C23CC4CC(CC(C4)C2)C3)cc1)S(C)(=O)=O. The van der Waals surface area contributed by atoms with E-state index >= 15 is 0 Å². The molecule has 2 aromatic carbocycles. The molecule has 8 heteroatoms. The summed E-state index contributed by atoms with van der Waals surface area (Å²) in [5.74, 6) is 1.93. The highest BCUT2D eigenvalue weighted by Crippen LogP contribution is 2.60. The van der Waals surface area contributed by atoms with Crippen molar-refractivity contribution in [2.75, 3.05) is 17.1 Å². The number of hydrogen-bond donors (Lipinski definition) is 1. The number of aryl methyl sites for hydroxylation is 1. The predicted octanol–water partition coefficient (Wildman–Crippen LogP) is 6.10. The number of carbonyl (C=O) groups is 2. The van der Waals surface area contributed by atoms with Crippen LogP contribution < -0.4 is 9.62 Å². The second kappa shape index (κ2) is 12.5. The van der Waals surface area contributed by atoms with E-state index < -0.39 is 16.1 Å². The van der Waals surface area contributed by atoms with Crippen molar-refractivity contribution in [3.63, 3.8) is 0 Å². The molecule has 5 fully saturated rings. The number of anilines is 1. The Hall–Kier alpha value is -2.87. The zero-order chi connectivity index (χ0) is 31.1. The largest absolute Gasteiger partial charge is 0.352 e. The first kappa shape index (κ1) is 31.1. The van der Waals surface area contributed by atoms with Gasteiger partial charge < -0.3 is 10.2 Å². The van der Waals surface area contributed by atoms with Crippen molar-refractivity contribution in [3.8, 4) is 0 Å². The fourth-order valence-electron chi connectivity index (χ4n) is 9.24. The summed E-state index contributed by atoms with van der Waals surface area (Å²) in [6, 6.07) is 15.4. The van der Waals surface area contributed by atoms with Crippen molar-refractivity contribution in [2.24, 2.45) is 17.8 Å². The molecule has 1 atom stereocenters. The van der Waals surface area contributed by atoms with Gasteiger partial charge in [-0.2, -0.15) is 0 Å². The van der Waals surface area contributed by atoms with Crippen LogP contribution in [0.3, 0.4) is 0 Å². The number of nitrogens with zero attached hydrogens (tertiary/aromatic N) is 2. The summed E-state index contributed by atoms with van der Waals surface area (Å²) in [6.07, 6.45) is 13.5.